The summed E-state index contributed by atoms with van der Waals surface area (Å²) < 4.78 is 12.2. The third kappa shape index (κ3) is 3.93. The van der Waals surface area contributed by atoms with Gasteiger partial charge in [0.15, 0.2) is 11.5 Å². The minimum absolute atomic E-state index is 0.00844. The summed E-state index contributed by atoms with van der Waals surface area (Å²) in [7, 11) is 1.54. The number of aliphatic hydroxyl groups excluding tert-OH is 1. The van der Waals surface area contributed by atoms with Crippen LogP contribution in [-0.2, 0) is 4.79 Å². The average Bonchev–Trinajstić information content (AvgIpc) is 3.32. The zero-order valence-electron chi connectivity index (χ0n) is 17.9. The number of aliphatic hydroxyl groups is 1. The van der Waals surface area contributed by atoms with Gasteiger partial charge in [0.2, 0.25) is 5.78 Å². The van der Waals surface area contributed by atoms with E-state index in [1.165, 1.54) is 0 Å². The van der Waals surface area contributed by atoms with E-state index in [1.54, 1.807) is 30.2 Å². The van der Waals surface area contributed by atoms with Crippen molar-refractivity contribution < 1.29 is 23.8 Å². The second-order valence-corrected chi connectivity index (χ2v) is 8.65. The van der Waals surface area contributed by atoms with Crippen LogP contribution >= 0.6 is 15.9 Å². The highest BCUT2D eigenvalue weighted by atomic mass is 79.9. The van der Waals surface area contributed by atoms with E-state index in [2.05, 4.69) is 22.9 Å². The molecule has 0 saturated heterocycles. The quantitative estimate of drug-likeness (QED) is 0.306. The topological polar surface area (TPSA) is 80.0 Å². The molecule has 0 bridgehead atoms. The Bertz CT molecular complexity index is 1210. The van der Waals surface area contributed by atoms with Crippen molar-refractivity contribution in [2.75, 3.05) is 13.7 Å². The maximum atomic E-state index is 13.6. The van der Waals surface area contributed by atoms with Crippen molar-refractivity contribution >= 4 is 38.6 Å². The van der Waals surface area contributed by atoms with Crippen molar-refractivity contribution in [3.05, 3.63) is 75.7 Å². The first-order chi connectivity index (χ1) is 15.5. The van der Waals surface area contributed by atoms with Crippen LogP contribution in [0.3, 0.4) is 0 Å². The standard InChI is InChI=1S/C25H24BrNO5/c1-3-4-7-12-27-22(17-8-5-6-9-19(17)31-2)21(24(29)25(27)30)23(28)20-14-15-13-16(26)10-11-18(15)32-20/h5-6,8-11,13-14,22,29H,3-4,7,12H2,1-2H3. The summed E-state index contributed by atoms with van der Waals surface area (Å²) in [6, 6.07) is 13.5. The molecule has 32 heavy (non-hydrogen) atoms. The summed E-state index contributed by atoms with van der Waals surface area (Å²) in [6.45, 7) is 2.50. The number of benzene rings is 2. The van der Waals surface area contributed by atoms with Crippen LogP contribution in [0.4, 0.5) is 0 Å². The lowest BCUT2D eigenvalue weighted by atomic mass is 9.94. The van der Waals surface area contributed by atoms with Crippen LogP contribution in [0.25, 0.3) is 11.0 Å². The van der Waals surface area contributed by atoms with Gasteiger partial charge in [-0.15, -0.1) is 0 Å². The van der Waals surface area contributed by atoms with Crippen LogP contribution in [0.1, 0.15) is 48.3 Å². The predicted octanol–water partition coefficient (Wildman–Crippen LogP) is 5.97. The van der Waals surface area contributed by atoms with Gasteiger partial charge in [-0.1, -0.05) is 53.9 Å². The number of rotatable bonds is 8. The van der Waals surface area contributed by atoms with Crippen LogP contribution < -0.4 is 4.74 Å². The molecule has 1 aliphatic rings. The zero-order chi connectivity index (χ0) is 22.8. The van der Waals surface area contributed by atoms with E-state index in [0.29, 0.717) is 23.4 Å². The molecule has 1 N–H and O–H groups in total. The molecule has 0 aliphatic carbocycles. The number of unbranched alkanes of at least 4 members (excludes halogenated alkanes) is 2. The van der Waals surface area contributed by atoms with Gasteiger partial charge in [-0.2, -0.15) is 0 Å². The average molecular weight is 498 g/mol. The molecule has 1 amide bonds. The molecular formula is C25H24BrNO5. The highest BCUT2D eigenvalue weighted by molar-refractivity contribution is 9.10. The number of hydrogen-bond donors (Lipinski definition) is 1. The smallest absolute Gasteiger partial charge is 0.290 e. The first kappa shape index (κ1) is 22.1. The molecule has 0 radical (unpaired) electrons. The second kappa shape index (κ2) is 9.20. The molecule has 1 aliphatic heterocycles. The van der Waals surface area contributed by atoms with Gasteiger partial charge in [0.05, 0.1) is 18.7 Å². The van der Waals surface area contributed by atoms with Gasteiger partial charge < -0.3 is 19.2 Å². The normalized spacial score (nSPS) is 16.3. The molecule has 0 spiro atoms. The van der Waals surface area contributed by atoms with Gasteiger partial charge in [0.1, 0.15) is 11.3 Å². The zero-order valence-corrected chi connectivity index (χ0v) is 19.5. The van der Waals surface area contributed by atoms with Crippen molar-refractivity contribution in [1.82, 2.24) is 4.90 Å². The molecule has 3 aromatic rings. The summed E-state index contributed by atoms with van der Waals surface area (Å²) in [5.41, 5.74) is 1.20. The molecule has 7 heteroatoms. The Balaban J connectivity index is 1.80. The monoisotopic (exact) mass is 497 g/mol. The third-order valence-electron chi connectivity index (χ3n) is 5.69. The van der Waals surface area contributed by atoms with Gasteiger partial charge in [0.25, 0.3) is 5.91 Å². The third-order valence-corrected chi connectivity index (χ3v) is 6.18. The van der Waals surface area contributed by atoms with E-state index < -0.39 is 23.5 Å². The number of methoxy groups -OCH3 is 1. The number of fused-ring (bicyclic) bond motifs is 1. The van der Waals surface area contributed by atoms with E-state index >= 15 is 0 Å². The fraction of sp³-hybridized carbons (Fsp3) is 0.280. The van der Waals surface area contributed by atoms with Gasteiger partial charge in [-0.25, -0.2) is 0 Å². The molecule has 1 unspecified atom stereocenters. The van der Waals surface area contributed by atoms with Crippen molar-refractivity contribution in [1.29, 1.82) is 0 Å². The fourth-order valence-corrected chi connectivity index (χ4v) is 4.50. The van der Waals surface area contributed by atoms with Crippen molar-refractivity contribution in [3.8, 4) is 5.75 Å². The number of ketones is 1. The first-order valence-electron chi connectivity index (χ1n) is 10.6. The molecule has 0 saturated carbocycles. The Hall–Kier alpha value is -3.06. The number of furan rings is 1. The first-order valence-corrected chi connectivity index (χ1v) is 11.4. The Kier molecular flexibility index (Phi) is 6.37. The van der Waals surface area contributed by atoms with Crippen LogP contribution in [0.5, 0.6) is 5.75 Å². The summed E-state index contributed by atoms with van der Waals surface area (Å²) >= 11 is 3.42. The number of carbonyl (C=O) groups is 2. The van der Waals surface area contributed by atoms with Crippen molar-refractivity contribution in [2.45, 2.75) is 32.2 Å². The molecular weight excluding hydrogens is 474 g/mol. The number of Topliss-reactive ketones (excluding diaryl/α,β-unsaturated/α-hetero) is 1. The van der Waals surface area contributed by atoms with E-state index in [0.717, 1.165) is 29.1 Å². The van der Waals surface area contributed by atoms with Gasteiger partial charge >= 0.3 is 0 Å². The van der Waals surface area contributed by atoms with Crippen molar-refractivity contribution in [3.63, 3.8) is 0 Å². The number of ether oxygens (including phenoxy) is 1. The summed E-state index contributed by atoms with van der Waals surface area (Å²) in [5, 5.41) is 11.6. The maximum absolute atomic E-state index is 13.6. The second-order valence-electron chi connectivity index (χ2n) is 7.73. The molecule has 1 atom stereocenters. The molecule has 0 fully saturated rings. The fourth-order valence-electron chi connectivity index (χ4n) is 4.12. The van der Waals surface area contributed by atoms with Crippen LogP contribution in [0.15, 0.2) is 68.8 Å². The summed E-state index contributed by atoms with van der Waals surface area (Å²) in [5.74, 6) is -0.998. The minimum Gasteiger partial charge on any atom is -0.503 e. The summed E-state index contributed by atoms with van der Waals surface area (Å²) in [4.78, 5) is 28.2. The van der Waals surface area contributed by atoms with E-state index in [1.807, 2.05) is 30.3 Å². The Morgan fingerprint density at radius 3 is 2.72 bits per heavy atom. The van der Waals surface area contributed by atoms with Crippen molar-refractivity contribution in [2.24, 2.45) is 0 Å². The highest BCUT2D eigenvalue weighted by Gasteiger charge is 2.45. The highest BCUT2D eigenvalue weighted by Crippen LogP contribution is 2.43. The number of nitrogens with zero attached hydrogens (tertiary/aromatic N) is 1. The Morgan fingerprint density at radius 2 is 1.97 bits per heavy atom. The Morgan fingerprint density at radius 1 is 1.19 bits per heavy atom. The minimum atomic E-state index is -0.761. The lowest BCUT2D eigenvalue weighted by Crippen LogP contribution is -2.32. The SMILES string of the molecule is CCCCCN1C(=O)C(O)=C(C(=O)c2cc3cc(Br)ccc3o2)C1c1ccccc1OC. The van der Waals surface area contributed by atoms with Crippen LogP contribution in [0.2, 0.25) is 0 Å². The van der Waals surface area contributed by atoms with Crippen LogP contribution in [0, 0.1) is 0 Å². The number of halogens is 1. The van der Waals surface area contributed by atoms with E-state index in [4.69, 9.17) is 9.15 Å². The lowest BCUT2D eigenvalue weighted by molar-refractivity contribution is -0.129. The maximum Gasteiger partial charge on any atom is 0.290 e. The number of amides is 1. The van der Waals surface area contributed by atoms with E-state index in [-0.39, 0.29) is 11.3 Å². The van der Waals surface area contributed by atoms with E-state index in [9.17, 15) is 14.7 Å². The van der Waals surface area contributed by atoms with Gasteiger partial charge in [-0.3, -0.25) is 9.59 Å². The largest absolute Gasteiger partial charge is 0.503 e. The number of carbonyl (C=O) groups excluding carboxylic acids is 2. The molecule has 4 rings (SSSR count). The Labute approximate surface area is 194 Å². The van der Waals surface area contributed by atoms with Gasteiger partial charge in [0, 0.05) is 22.0 Å². The molecule has 2 heterocycles. The molecule has 1 aromatic heterocycles. The molecule has 6 nitrogen and oxygen atoms in total. The lowest BCUT2D eigenvalue weighted by Gasteiger charge is -2.27. The molecule has 2 aromatic carbocycles. The predicted molar refractivity (Wildman–Crippen MR) is 125 cm³/mol. The number of para-hydroxylation sites is 1. The van der Waals surface area contributed by atoms with Gasteiger partial charge in [-0.05, 0) is 36.8 Å². The van der Waals surface area contributed by atoms with Crippen LogP contribution in [-0.4, -0.2) is 35.4 Å². The summed E-state index contributed by atoms with van der Waals surface area (Å²) in [6.07, 6.45) is 2.69. The number of hydrogen-bond acceptors (Lipinski definition) is 5. The molecule has 166 valence electrons.